The highest BCUT2D eigenvalue weighted by Crippen LogP contribution is 2.28. The molecule has 3 aromatic rings. The second-order valence-electron chi connectivity index (χ2n) is 7.48. The van der Waals surface area contributed by atoms with Gasteiger partial charge in [-0.2, -0.15) is 0 Å². The molecule has 6 nitrogen and oxygen atoms in total. The summed E-state index contributed by atoms with van der Waals surface area (Å²) < 4.78 is 37.7. The quantitative estimate of drug-likeness (QED) is 0.238. The maximum absolute atomic E-state index is 14.3. The summed E-state index contributed by atoms with van der Waals surface area (Å²) in [5.41, 5.74) is 0.492. The van der Waals surface area contributed by atoms with E-state index >= 15 is 0 Å². The van der Waals surface area contributed by atoms with Crippen LogP contribution in [0.3, 0.4) is 0 Å². The highest BCUT2D eigenvalue weighted by atomic mass is 19.1. The molecule has 0 saturated carbocycles. The van der Waals surface area contributed by atoms with E-state index in [1.807, 2.05) is 0 Å². The number of ether oxygens (including phenoxy) is 2. The molecule has 0 aliphatic carbocycles. The van der Waals surface area contributed by atoms with Crippen molar-refractivity contribution in [2.75, 3.05) is 14.2 Å². The van der Waals surface area contributed by atoms with Gasteiger partial charge in [0.05, 0.1) is 19.8 Å². The molecule has 0 amide bonds. The average molecular weight is 492 g/mol. The van der Waals surface area contributed by atoms with Crippen molar-refractivity contribution in [3.8, 4) is 23.0 Å². The first-order valence-electron chi connectivity index (χ1n) is 10.6. The summed E-state index contributed by atoms with van der Waals surface area (Å²) in [7, 11) is 2.75. The van der Waals surface area contributed by atoms with Gasteiger partial charge in [-0.15, -0.1) is 0 Å². The van der Waals surface area contributed by atoms with E-state index in [0.29, 0.717) is 17.2 Å². The molecule has 0 atom stereocenters. The van der Waals surface area contributed by atoms with Crippen LogP contribution in [-0.2, 0) is 9.59 Å². The molecule has 3 rings (SSSR count). The fourth-order valence-corrected chi connectivity index (χ4v) is 3.16. The van der Waals surface area contributed by atoms with Crippen molar-refractivity contribution in [2.45, 2.75) is 0 Å². The zero-order chi connectivity index (χ0) is 26.2. The second kappa shape index (κ2) is 11.6. The molecule has 0 radical (unpaired) electrons. The molecule has 0 saturated heterocycles. The number of benzene rings is 3. The molecule has 36 heavy (non-hydrogen) atoms. The van der Waals surface area contributed by atoms with Gasteiger partial charge in [-0.05, 0) is 65.8 Å². The van der Waals surface area contributed by atoms with Gasteiger partial charge in [0, 0.05) is 11.6 Å². The fraction of sp³-hybridized carbons (Fsp3) is 0.0714. The van der Waals surface area contributed by atoms with Gasteiger partial charge in [0.15, 0.2) is 34.6 Å². The molecular formula is C28H22F2O6. The zero-order valence-electron chi connectivity index (χ0n) is 19.4. The van der Waals surface area contributed by atoms with E-state index < -0.39 is 23.2 Å². The third-order valence-corrected chi connectivity index (χ3v) is 5.06. The van der Waals surface area contributed by atoms with Crippen molar-refractivity contribution in [1.82, 2.24) is 0 Å². The standard InChI is InChI=1S/C28H22F2O6/c1-35-27-13-17(5-11-25(27)33)3-9-23(31)21(15-19-7-8-20(29)16-22(19)30)24(32)10-4-18-6-12-26(34)28(14-18)36-2/h3-16,33-34H,1-2H3/b9-3+,10-4+. The van der Waals surface area contributed by atoms with Crippen LogP contribution in [0.5, 0.6) is 23.0 Å². The molecule has 0 aromatic heterocycles. The molecule has 0 aliphatic rings. The summed E-state index contributed by atoms with van der Waals surface area (Å²) in [6, 6.07) is 11.6. The van der Waals surface area contributed by atoms with Crippen LogP contribution < -0.4 is 9.47 Å². The maximum atomic E-state index is 14.3. The van der Waals surface area contributed by atoms with Crippen LogP contribution in [0.1, 0.15) is 16.7 Å². The van der Waals surface area contributed by atoms with E-state index in [0.717, 1.165) is 30.4 Å². The summed E-state index contributed by atoms with van der Waals surface area (Å²) in [5.74, 6) is -2.99. The molecule has 0 bridgehead atoms. The number of phenolic OH excluding ortho intramolecular Hbond substituents is 2. The van der Waals surface area contributed by atoms with Gasteiger partial charge < -0.3 is 19.7 Å². The van der Waals surface area contributed by atoms with Crippen molar-refractivity contribution in [2.24, 2.45) is 0 Å². The Bertz CT molecular complexity index is 1310. The van der Waals surface area contributed by atoms with E-state index in [4.69, 9.17) is 9.47 Å². The monoisotopic (exact) mass is 492 g/mol. The number of halogens is 2. The number of carbonyl (C=O) groups is 2. The van der Waals surface area contributed by atoms with E-state index in [9.17, 15) is 28.6 Å². The van der Waals surface area contributed by atoms with E-state index in [1.165, 1.54) is 62.8 Å². The molecule has 184 valence electrons. The normalized spacial score (nSPS) is 11.0. The number of phenols is 2. The minimum absolute atomic E-state index is 0.0838. The third kappa shape index (κ3) is 6.44. The third-order valence-electron chi connectivity index (χ3n) is 5.06. The molecule has 0 aliphatic heterocycles. The minimum Gasteiger partial charge on any atom is -0.504 e. The molecule has 2 N–H and O–H groups in total. The Hall–Kier alpha value is -4.72. The largest absolute Gasteiger partial charge is 0.504 e. The van der Waals surface area contributed by atoms with Crippen molar-refractivity contribution >= 4 is 29.8 Å². The number of hydrogen-bond donors (Lipinski definition) is 2. The number of rotatable bonds is 9. The lowest BCUT2D eigenvalue weighted by molar-refractivity contribution is -0.116. The maximum Gasteiger partial charge on any atom is 0.189 e. The van der Waals surface area contributed by atoms with Crippen molar-refractivity contribution in [3.05, 3.63) is 101 Å². The summed E-state index contributed by atoms with van der Waals surface area (Å²) >= 11 is 0. The summed E-state index contributed by atoms with van der Waals surface area (Å²) in [5, 5.41) is 19.4. The Labute approximate surface area is 206 Å². The van der Waals surface area contributed by atoms with Gasteiger partial charge >= 0.3 is 0 Å². The Balaban J connectivity index is 1.96. The zero-order valence-corrected chi connectivity index (χ0v) is 19.4. The predicted molar refractivity (Wildman–Crippen MR) is 132 cm³/mol. The van der Waals surface area contributed by atoms with E-state index in [-0.39, 0.29) is 34.1 Å². The first kappa shape index (κ1) is 25.9. The highest BCUT2D eigenvalue weighted by Gasteiger charge is 2.16. The van der Waals surface area contributed by atoms with Crippen molar-refractivity contribution in [1.29, 1.82) is 0 Å². The number of aromatic hydroxyl groups is 2. The first-order valence-corrected chi connectivity index (χ1v) is 10.6. The number of ketones is 2. The number of hydrogen-bond acceptors (Lipinski definition) is 6. The Morgan fingerprint density at radius 2 is 1.25 bits per heavy atom. The van der Waals surface area contributed by atoms with Crippen LogP contribution in [0.25, 0.3) is 18.2 Å². The van der Waals surface area contributed by atoms with Crippen LogP contribution >= 0.6 is 0 Å². The predicted octanol–water partition coefficient (Wildman–Crippen LogP) is 5.34. The molecule has 0 spiro atoms. The Morgan fingerprint density at radius 3 is 1.69 bits per heavy atom. The lowest BCUT2D eigenvalue weighted by Gasteiger charge is -2.05. The Kier molecular flexibility index (Phi) is 8.35. The topological polar surface area (TPSA) is 93.1 Å². The Morgan fingerprint density at radius 1 is 0.750 bits per heavy atom. The molecule has 0 heterocycles. The summed E-state index contributed by atoms with van der Waals surface area (Å²) in [4.78, 5) is 26.0. The van der Waals surface area contributed by atoms with Gasteiger partial charge in [-0.1, -0.05) is 24.3 Å². The van der Waals surface area contributed by atoms with Crippen molar-refractivity contribution in [3.63, 3.8) is 0 Å². The van der Waals surface area contributed by atoms with Gasteiger partial charge in [-0.25, -0.2) is 8.78 Å². The van der Waals surface area contributed by atoms with Gasteiger partial charge in [0.25, 0.3) is 0 Å². The van der Waals surface area contributed by atoms with Gasteiger partial charge in [-0.3, -0.25) is 9.59 Å². The summed E-state index contributed by atoms with van der Waals surface area (Å²) in [6.45, 7) is 0. The lowest BCUT2D eigenvalue weighted by Crippen LogP contribution is -2.09. The van der Waals surface area contributed by atoms with E-state index in [2.05, 4.69) is 0 Å². The number of carbonyl (C=O) groups excluding carboxylic acids is 2. The van der Waals surface area contributed by atoms with Crippen LogP contribution in [0, 0.1) is 11.6 Å². The van der Waals surface area contributed by atoms with Crippen LogP contribution in [-0.4, -0.2) is 36.0 Å². The number of methoxy groups -OCH3 is 2. The van der Waals surface area contributed by atoms with Crippen LogP contribution in [0.4, 0.5) is 8.78 Å². The average Bonchev–Trinajstić information content (AvgIpc) is 2.86. The molecule has 0 fully saturated rings. The molecule has 3 aromatic carbocycles. The van der Waals surface area contributed by atoms with Crippen LogP contribution in [0.2, 0.25) is 0 Å². The lowest BCUT2D eigenvalue weighted by atomic mass is 10.0. The van der Waals surface area contributed by atoms with E-state index in [1.54, 1.807) is 0 Å². The van der Waals surface area contributed by atoms with Crippen LogP contribution in [0.15, 0.2) is 72.3 Å². The fourth-order valence-electron chi connectivity index (χ4n) is 3.16. The first-order chi connectivity index (χ1) is 17.2. The molecule has 0 unspecified atom stereocenters. The van der Waals surface area contributed by atoms with Gasteiger partial charge in [0.1, 0.15) is 11.6 Å². The SMILES string of the molecule is COc1cc(/C=C/C(=O)C(=Cc2ccc(F)cc2F)C(=O)/C=C/c2ccc(O)c(OC)c2)ccc1O. The highest BCUT2D eigenvalue weighted by molar-refractivity contribution is 6.31. The minimum atomic E-state index is -0.937. The second-order valence-corrected chi connectivity index (χ2v) is 7.48. The molecule has 8 heteroatoms. The summed E-state index contributed by atoms with van der Waals surface area (Å²) in [6.07, 6.45) is 6.09. The smallest absolute Gasteiger partial charge is 0.189 e. The molecular weight excluding hydrogens is 470 g/mol. The van der Waals surface area contributed by atoms with Crippen molar-refractivity contribution < 1.29 is 38.1 Å². The number of allylic oxidation sites excluding steroid dienone is 3. The van der Waals surface area contributed by atoms with Gasteiger partial charge in [0.2, 0.25) is 0 Å².